The van der Waals surface area contributed by atoms with Crippen LogP contribution < -0.4 is 4.74 Å². The van der Waals surface area contributed by atoms with Gasteiger partial charge in [-0.15, -0.1) is 0 Å². The molecule has 0 saturated carbocycles. The molecule has 0 fully saturated rings. The van der Waals surface area contributed by atoms with Gasteiger partial charge in [0.15, 0.2) is 5.75 Å². The van der Waals surface area contributed by atoms with Gasteiger partial charge in [0.05, 0.1) is 5.69 Å². The van der Waals surface area contributed by atoms with Crippen LogP contribution in [0.25, 0.3) is 6.08 Å². The molecule has 0 aromatic carbocycles. The van der Waals surface area contributed by atoms with Crippen molar-refractivity contribution < 1.29 is 14.6 Å². The highest BCUT2D eigenvalue weighted by Crippen LogP contribution is 2.28. The van der Waals surface area contributed by atoms with E-state index in [1.54, 1.807) is 10.9 Å². The van der Waals surface area contributed by atoms with Gasteiger partial charge in [-0.05, 0) is 38.5 Å². The standard InChI is InChI=1S/C15H17N3O3/c1-9-7-12(5-6-13(19)20)8-16-15(9)21-14-10(2)17-18(4)11(14)3/h5-8H,1-4H3,(H,19,20)/b6-5+. The molecule has 0 amide bonds. The second-order valence-electron chi connectivity index (χ2n) is 4.79. The number of carboxylic acid groups (broad SMARTS) is 1. The predicted octanol–water partition coefficient (Wildman–Crippen LogP) is 2.63. The summed E-state index contributed by atoms with van der Waals surface area (Å²) >= 11 is 0. The summed E-state index contributed by atoms with van der Waals surface area (Å²) < 4.78 is 7.59. The molecular weight excluding hydrogens is 270 g/mol. The lowest BCUT2D eigenvalue weighted by Gasteiger charge is -2.08. The van der Waals surface area contributed by atoms with Crippen molar-refractivity contribution >= 4 is 12.0 Å². The molecule has 6 heteroatoms. The van der Waals surface area contributed by atoms with Crippen molar-refractivity contribution in [3.8, 4) is 11.6 Å². The average Bonchev–Trinajstić information content (AvgIpc) is 2.65. The van der Waals surface area contributed by atoms with Crippen molar-refractivity contribution in [3.05, 3.63) is 40.9 Å². The molecule has 2 heterocycles. The Balaban J connectivity index is 2.27. The van der Waals surface area contributed by atoms with E-state index in [1.807, 2.05) is 33.9 Å². The minimum atomic E-state index is -0.991. The first-order valence-corrected chi connectivity index (χ1v) is 6.44. The average molecular weight is 287 g/mol. The molecule has 2 aromatic heterocycles. The molecule has 0 atom stereocenters. The van der Waals surface area contributed by atoms with Crippen LogP contribution in [-0.4, -0.2) is 25.8 Å². The molecule has 21 heavy (non-hydrogen) atoms. The topological polar surface area (TPSA) is 77.2 Å². The molecule has 0 aliphatic carbocycles. The molecule has 2 rings (SSSR count). The van der Waals surface area contributed by atoms with Gasteiger partial charge in [0.1, 0.15) is 5.69 Å². The van der Waals surface area contributed by atoms with Crippen molar-refractivity contribution in [2.24, 2.45) is 7.05 Å². The number of carbonyl (C=O) groups is 1. The zero-order valence-electron chi connectivity index (χ0n) is 12.4. The molecule has 0 radical (unpaired) electrons. The van der Waals surface area contributed by atoms with Crippen molar-refractivity contribution in [3.63, 3.8) is 0 Å². The Morgan fingerprint density at radius 3 is 2.62 bits per heavy atom. The highest BCUT2D eigenvalue weighted by atomic mass is 16.5. The molecule has 110 valence electrons. The van der Waals surface area contributed by atoms with Gasteiger partial charge in [-0.25, -0.2) is 9.78 Å². The molecule has 6 nitrogen and oxygen atoms in total. The summed E-state index contributed by atoms with van der Waals surface area (Å²) in [5.41, 5.74) is 3.25. The largest absolute Gasteiger partial charge is 0.478 e. The summed E-state index contributed by atoms with van der Waals surface area (Å²) in [4.78, 5) is 14.7. The highest BCUT2D eigenvalue weighted by molar-refractivity contribution is 5.85. The van der Waals surface area contributed by atoms with E-state index in [2.05, 4.69) is 10.1 Å². The molecule has 0 bridgehead atoms. The van der Waals surface area contributed by atoms with Crippen LogP contribution in [0, 0.1) is 20.8 Å². The van der Waals surface area contributed by atoms with Crippen molar-refractivity contribution in [1.29, 1.82) is 0 Å². The number of pyridine rings is 1. The van der Waals surface area contributed by atoms with E-state index >= 15 is 0 Å². The van der Waals surface area contributed by atoms with Crippen molar-refractivity contribution in [2.45, 2.75) is 20.8 Å². The fraction of sp³-hybridized carbons (Fsp3) is 0.267. The number of carboxylic acids is 1. The molecule has 1 N–H and O–H groups in total. The van der Waals surface area contributed by atoms with Crippen LogP contribution in [-0.2, 0) is 11.8 Å². The Bertz CT molecular complexity index is 717. The SMILES string of the molecule is Cc1cc(/C=C/C(=O)O)cnc1Oc1c(C)nn(C)c1C. The van der Waals surface area contributed by atoms with Crippen LogP contribution in [0.15, 0.2) is 18.3 Å². The fourth-order valence-corrected chi connectivity index (χ4v) is 1.95. The maximum Gasteiger partial charge on any atom is 0.328 e. The van der Waals surface area contributed by atoms with Crippen LogP contribution in [0.3, 0.4) is 0 Å². The highest BCUT2D eigenvalue weighted by Gasteiger charge is 2.13. The van der Waals surface area contributed by atoms with Gasteiger partial charge in [0.2, 0.25) is 5.88 Å². The van der Waals surface area contributed by atoms with Gasteiger partial charge in [-0.2, -0.15) is 5.10 Å². The van der Waals surface area contributed by atoms with Crippen LogP contribution in [0.1, 0.15) is 22.5 Å². The van der Waals surface area contributed by atoms with E-state index in [0.717, 1.165) is 23.0 Å². The summed E-state index contributed by atoms with van der Waals surface area (Å²) in [5, 5.41) is 12.9. The quantitative estimate of drug-likeness (QED) is 0.875. The summed E-state index contributed by atoms with van der Waals surface area (Å²) in [7, 11) is 1.86. The minimum Gasteiger partial charge on any atom is -0.478 e. The lowest BCUT2D eigenvalue weighted by atomic mass is 10.2. The van der Waals surface area contributed by atoms with E-state index in [9.17, 15) is 4.79 Å². The van der Waals surface area contributed by atoms with Gasteiger partial charge in [-0.1, -0.05) is 0 Å². The third-order valence-corrected chi connectivity index (χ3v) is 3.11. The molecule has 0 aliphatic rings. The lowest BCUT2D eigenvalue weighted by Crippen LogP contribution is -1.95. The van der Waals surface area contributed by atoms with Crippen LogP contribution in [0.4, 0.5) is 0 Å². The first kappa shape index (κ1) is 14.8. The summed E-state index contributed by atoms with van der Waals surface area (Å²) in [6, 6.07) is 1.82. The number of aromatic nitrogens is 3. The summed E-state index contributed by atoms with van der Waals surface area (Å²) in [6.07, 6.45) is 4.14. The minimum absolute atomic E-state index is 0.488. The van der Waals surface area contributed by atoms with E-state index in [0.29, 0.717) is 17.2 Å². The lowest BCUT2D eigenvalue weighted by molar-refractivity contribution is -0.131. The maximum atomic E-state index is 10.5. The van der Waals surface area contributed by atoms with Gasteiger partial charge in [0, 0.05) is 24.9 Å². The van der Waals surface area contributed by atoms with Crippen LogP contribution in [0.5, 0.6) is 11.6 Å². The molecule has 0 saturated heterocycles. The van der Waals surface area contributed by atoms with E-state index in [-0.39, 0.29) is 0 Å². The molecule has 0 aliphatic heterocycles. The Morgan fingerprint density at radius 2 is 2.10 bits per heavy atom. The molecule has 0 spiro atoms. The van der Waals surface area contributed by atoms with Gasteiger partial charge in [0.25, 0.3) is 0 Å². The summed E-state index contributed by atoms with van der Waals surface area (Å²) in [5.74, 6) is 0.193. The first-order valence-electron chi connectivity index (χ1n) is 6.44. The number of hydrogen-bond donors (Lipinski definition) is 1. The third kappa shape index (κ3) is 3.28. The Hall–Kier alpha value is -2.63. The number of ether oxygens (including phenoxy) is 1. The van der Waals surface area contributed by atoms with Crippen LogP contribution >= 0.6 is 0 Å². The number of nitrogens with zero attached hydrogens (tertiary/aromatic N) is 3. The Labute approximate surface area is 122 Å². The van der Waals surface area contributed by atoms with E-state index in [1.165, 1.54) is 6.08 Å². The number of hydrogen-bond acceptors (Lipinski definition) is 4. The number of aliphatic carboxylic acids is 1. The zero-order valence-corrected chi connectivity index (χ0v) is 12.4. The van der Waals surface area contributed by atoms with Crippen molar-refractivity contribution in [2.75, 3.05) is 0 Å². The van der Waals surface area contributed by atoms with Crippen molar-refractivity contribution in [1.82, 2.24) is 14.8 Å². The first-order chi connectivity index (χ1) is 9.88. The smallest absolute Gasteiger partial charge is 0.328 e. The summed E-state index contributed by atoms with van der Waals surface area (Å²) in [6.45, 7) is 5.66. The number of rotatable bonds is 4. The predicted molar refractivity (Wildman–Crippen MR) is 78.4 cm³/mol. The van der Waals surface area contributed by atoms with Gasteiger partial charge < -0.3 is 9.84 Å². The normalized spacial score (nSPS) is 11.0. The Morgan fingerprint density at radius 1 is 1.38 bits per heavy atom. The monoisotopic (exact) mass is 287 g/mol. The third-order valence-electron chi connectivity index (χ3n) is 3.11. The van der Waals surface area contributed by atoms with Crippen LogP contribution in [0.2, 0.25) is 0 Å². The maximum absolute atomic E-state index is 10.5. The molecule has 2 aromatic rings. The Kier molecular flexibility index (Phi) is 4.07. The second-order valence-corrected chi connectivity index (χ2v) is 4.79. The van der Waals surface area contributed by atoms with E-state index in [4.69, 9.17) is 9.84 Å². The second kappa shape index (κ2) is 5.78. The number of aryl methyl sites for hydroxylation is 3. The molecule has 0 unspecified atom stereocenters. The van der Waals surface area contributed by atoms with Gasteiger partial charge >= 0.3 is 5.97 Å². The van der Waals surface area contributed by atoms with Gasteiger partial charge in [-0.3, -0.25) is 4.68 Å². The molecular formula is C15H17N3O3. The zero-order chi connectivity index (χ0) is 15.6. The fourth-order valence-electron chi connectivity index (χ4n) is 1.95. The van der Waals surface area contributed by atoms with E-state index < -0.39 is 5.97 Å².